The zero-order valence-electron chi connectivity index (χ0n) is 15.1. The monoisotopic (exact) mass is 372 g/mol. The summed E-state index contributed by atoms with van der Waals surface area (Å²) in [6.07, 6.45) is 0.841. The van der Waals surface area contributed by atoms with Gasteiger partial charge in [-0.25, -0.2) is 0 Å². The van der Waals surface area contributed by atoms with Gasteiger partial charge in [-0.15, -0.1) is 0 Å². The van der Waals surface area contributed by atoms with Gasteiger partial charge >= 0.3 is 0 Å². The Morgan fingerprint density at radius 2 is 2.07 bits per heavy atom. The molecule has 3 aliphatic heterocycles. The number of benzene rings is 1. The highest BCUT2D eigenvalue weighted by molar-refractivity contribution is 6.05. The molecule has 3 amide bonds. The minimum Gasteiger partial charge on any atom is -0.392 e. The molecule has 3 aliphatic rings. The number of hydrogen-bond donors (Lipinski definition) is 3. The van der Waals surface area contributed by atoms with Crippen molar-refractivity contribution in [2.24, 2.45) is 5.73 Å². The first-order valence-corrected chi connectivity index (χ1v) is 9.35. The van der Waals surface area contributed by atoms with Gasteiger partial charge in [0.15, 0.2) is 0 Å². The third kappa shape index (κ3) is 3.24. The summed E-state index contributed by atoms with van der Waals surface area (Å²) >= 11 is 0. The first-order chi connectivity index (χ1) is 13.0. The third-order valence-corrected chi connectivity index (χ3v) is 5.79. The van der Waals surface area contributed by atoms with Crippen molar-refractivity contribution in [3.8, 4) is 0 Å². The predicted octanol–water partition coefficient (Wildman–Crippen LogP) is -0.658. The molecule has 144 valence electrons. The number of imide groups is 1. The number of likely N-dealkylation sites (tertiary alicyclic amines) is 1. The molecule has 1 unspecified atom stereocenters. The van der Waals surface area contributed by atoms with Gasteiger partial charge in [-0.05, 0) is 24.0 Å². The largest absolute Gasteiger partial charge is 0.392 e. The Labute approximate surface area is 157 Å². The Hall–Kier alpha value is -2.29. The molecule has 0 bridgehead atoms. The summed E-state index contributed by atoms with van der Waals surface area (Å²) in [6.45, 7) is 1.91. The van der Waals surface area contributed by atoms with Gasteiger partial charge in [-0.2, -0.15) is 0 Å². The quantitative estimate of drug-likeness (QED) is 0.605. The smallest absolute Gasteiger partial charge is 0.255 e. The minimum absolute atomic E-state index is 0.0959. The number of nitrogens with two attached hydrogens (primary N) is 1. The van der Waals surface area contributed by atoms with E-state index < -0.39 is 18.1 Å². The van der Waals surface area contributed by atoms with Crippen molar-refractivity contribution < 1.29 is 19.5 Å². The number of β-amino-alcohol motifs (C(OH)–C–C–N with tert-alkyl or cyclic N) is 1. The number of carbonyl (C=O) groups excluding carboxylic acids is 3. The van der Waals surface area contributed by atoms with Gasteiger partial charge < -0.3 is 15.7 Å². The maximum Gasteiger partial charge on any atom is 0.255 e. The number of piperidine rings is 1. The minimum atomic E-state index is -0.610. The zero-order valence-corrected chi connectivity index (χ0v) is 15.1. The lowest BCUT2D eigenvalue weighted by Gasteiger charge is -2.29. The van der Waals surface area contributed by atoms with Crippen molar-refractivity contribution in [3.05, 3.63) is 34.9 Å². The lowest BCUT2D eigenvalue weighted by molar-refractivity contribution is -0.136. The fourth-order valence-corrected chi connectivity index (χ4v) is 4.44. The lowest BCUT2D eigenvalue weighted by Crippen LogP contribution is -2.52. The normalized spacial score (nSPS) is 28.6. The molecule has 0 spiro atoms. The second kappa shape index (κ2) is 7.03. The second-order valence-electron chi connectivity index (χ2n) is 7.56. The average molecular weight is 372 g/mol. The summed E-state index contributed by atoms with van der Waals surface area (Å²) in [7, 11) is 0. The van der Waals surface area contributed by atoms with Crippen molar-refractivity contribution in [1.82, 2.24) is 15.1 Å². The molecule has 4 N–H and O–H groups in total. The van der Waals surface area contributed by atoms with Crippen LogP contribution in [0.25, 0.3) is 0 Å². The molecule has 2 fully saturated rings. The molecule has 27 heavy (non-hydrogen) atoms. The predicted molar refractivity (Wildman–Crippen MR) is 96.4 cm³/mol. The lowest BCUT2D eigenvalue weighted by atomic mass is 10.0. The SMILES string of the molecule is NC[C@H]1C[C@H](O)CN1Cc1cccc2c1C(=O)N(C1CCC(=O)NC1=O)C2. The second-order valence-corrected chi connectivity index (χ2v) is 7.56. The van der Waals surface area contributed by atoms with Crippen molar-refractivity contribution in [1.29, 1.82) is 0 Å². The van der Waals surface area contributed by atoms with Crippen LogP contribution in [0.1, 0.15) is 40.7 Å². The van der Waals surface area contributed by atoms with Gasteiger partial charge in [0.25, 0.3) is 5.91 Å². The molecule has 8 nitrogen and oxygen atoms in total. The Balaban J connectivity index is 1.57. The van der Waals surface area contributed by atoms with Gasteiger partial charge in [0.1, 0.15) is 6.04 Å². The molecule has 0 radical (unpaired) electrons. The van der Waals surface area contributed by atoms with Gasteiger partial charge in [-0.3, -0.25) is 24.6 Å². The topological polar surface area (TPSA) is 116 Å². The van der Waals surface area contributed by atoms with E-state index in [-0.39, 0.29) is 24.3 Å². The molecule has 1 aromatic carbocycles. The summed E-state index contributed by atoms with van der Waals surface area (Å²) in [5.41, 5.74) is 8.25. The van der Waals surface area contributed by atoms with Crippen LogP contribution in [-0.2, 0) is 22.7 Å². The summed E-state index contributed by atoms with van der Waals surface area (Å²) in [5, 5.41) is 12.3. The molecule has 8 heteroatoms. The molecule has 2 saturated heterocycles. The maximum atomic E-state index is 13.1. The van der Waals surface area contributed by atoms with Crippen LogP contribution in [0.2, 0.25) is 0 Å². The van der Waals surface area contributed by atoms with E-state index in [9.17, 15) is 19.5 Å². The van der Waals surface area contributed by atoms with Crippen LogP contribution in [0.4, 0.5) is 0 Å². The van der Waals surface area contributed by atoms with E-state index in [1.54, 1.807) is 4.90 Å². The van der Waals surface area contributed by atoms with Crippen LogP contribution < -0.4 is 11.1 Å². The molecular weight excluding hydrogens is 348 g/mol. The van der Waals surface area contributed by atoms with Crippen molar-refractivity contribution >= 4 is 17.7 Å². The number of nitrogens with zero attached hydrogens (tertiary/aromatic N) is 2. The standard InChI is InChI=1S/C19H24N4O4/c20-7-13-6-14(24)10-22(13)8-11-2-1-3-12-9-23(19(27)17(11)12)15-4-5-16(25)21-18(15)26/h1-3,13-15,24H,4-10,20H2,(H,21,25,26)/t13-,14+,15?/m1/s1. The van der Waals surface area contributed by atoms with Crippen LogP contribution in [0.15, 0.2) is 18.2 Å². The van der Waals surface area contributed by atoms with Crippen LogP contribution in [0.3, 0.4) is 0 Å². The molecule has 1 aromatic rings. The fraction of sp³-hybridized carbons (Fsp3) is 0.526. The number of rotatable bonds is 4. The number of aliphatic hydroxyl groups excluding tert-OH is 1. The molecule has 0 aliphatic carbocycles. The first kappa shape index (κ1) is 18.1. The van der Waals surface area contributed by atoms with Crippen LogP contribution in [0.5, 0.6) is 0 Å². The maximum absolute atomic E-state index is 13.1. The van der Waals surface area contributed by atoms with Crippen molar-refractivity contribution in [3.63, 3.8) is 0 Å². The number of hydrogen-bond acceptors (Lipinski definition) is 6. The summed E-state index contributed by atoms with van der Waals surface area (Å²) in [6, 6.07) is 5.23. The molecule has 3 atom stereocenters. The van der Waals surface area contributed by atoms with Crippen LogP contribution >= 0.6 is 0 Å². The molecule has 4 rings (SSSR count). The number of nitrogens with one attached hydrogen (secondary N) is 1. The van der Waals surface area contributed by atoms with Crippen molar-refractivity contribution in [2.75, 3.05) is 13.1 Å². The van der Waals surface area contributed by atoms with Crippen LogP contribution in [0, 0.1) is 0 Å². The Bertz CT molecular complexity index is 796. The first-order valence-electron chi connectivity index (χ1n) is 9.35. The van der Waals surface area contributed by atoms with E-state index in [4.69, 9.17) is 5.73 Å². The van der Waals surface area contributed by atoms with Gasteiger partial charge in [0, 0.05) is 44.2 Å². The third-order valence-electron chi connectivity index (χ3n) is 5.79. The number of carbonyl (C=O) groups is 3. The summed E-state index contributed by atoms with van der Waals surface area (Å²) in [4.78, 5) is 40.4. The fourth-order valence-electron chi connectivity index (χ4n) is 4.44. The Morgan fingerprint density at radius 3 is 2.81 bits per heavy atom. The highest BCUT2D eigenvalue weighted by Crippen LogP contribution is 2.31. The van der Waals surface area contributed by atoms with E-state index in [1.165, 1.54) is 0 Å². The van der Waals surface area contributed by atoms with Gasteiger partial charge in [0.2, 0.25) is 11.8 Å². The Morgan fingerprint density at radius 1 is 1.26 bits per heavy atom. The molecule has 3 heterocycles. The molecule has 0 aromatic heterocycles. The highest BCUT2D eigenvalue weighted by Gasteiger charge is 2.40. The molecule has 0 saturated carbocycles. The Kier molecular flexibility index (Phi) is 4.71. The van der Waals surface area contributed by atoms with Crippen LogP contribution in [-0.4, -0.2) is 63.9 Å². The van der Waals surface area contributed by atoms with E-state index in [1.807, 2.05) is 18.2 Å². The van der Waals surface area contributed by atoms with E-state index in [0.29, 0.717) is 44.6 Å². The number of aliphatic hydroxyl groups is 1. The number of fused-ring (bicyclic) bond motifs is 1. The van der Waals surface area contributed by atoms with Crippen molar-refractivity contribution in [2.45, 2.75) is 50.5 Å². The van der Waals surface area contributed by atoms with Gasteiger partial charge in [0.05, 0.1) is 6.10 Å². The molecular formula is C19H24N4O4. The van der Waals surface area contributed by atoms with E-state index >= 15 is 0 Å². The van der Waals surface area contributed by atoms with Gasteiger partial charge in [-0.1, -0.05) is 18.2 Å². The summed E-state index contributed by atoms with van der Waals surface area (Å²) in [5.74, 6) is -0.861. The average Bonchev–Trinajstić information content (AvgIpc) is 3.15. The number of amides is 3. The highest BCUT2D eigenvalue weighted by atomic mass is 16.3. The zero-order chi connectivity index (χ0) is 19.1. The summed E-state index contributed by atoms with van der Waals surface area (Å²) < 4.78 is 0. The van der Waals surface area contributed by atoms with E-state index in [2.05, 4.69) is 10.2 Å². The van der Waals surface area contributed by atoms with E-state index in [0.717, 1.165) is 11.1 Å².